The molecule has 198 valence electrons. The molecule has 7 heteroatoms. The molecule has 2 aliphatic carbocycles. The number of nitrogens with zero attached hydrogens (tertiary/aromatic N) is 1. The van der Waals surface area contributed by atoms with Crippen molar-refractivity contribution in [1.82, 2.24) is 4.90 Å². The van der Waals surface area contributed by atoms with Crippen LogP contribution in [0, 0.1) is 10.8 Å². The van der Waals surface area contributed by atoms with E-state index in [0.717, 1.165) is 17.0 Å². The highest BCUT2D eigenvalue weighted by molar-refractivity contribution is 6.06. The van der Waals surface area contributed by atoms with Crippen molar-refractivity contribution in [3.8, 4) is 11.5 Å². The van der Waals surface area contributed by atoms with E-state index in [2.05, 4.69) is 34.3 Å². The van der Waals surface area contributed by atoms with Crippen LogP contribution in [0.3, 0.4) is 0 Å². The van der Waals surface area contributed by atoms with E-state index in [9.17, 15) is 19.5 Å². The predicted octanol–water partition coefficient (Wildman–Crippen LogP) is 5.42. The summed E-state index contributed by atoms with van der Waals surface area (Å²) in [5.41, 5.74) is 3.17. The highest BCUT2D eigenvalue weighted by atomic mass is 16.5. The molecule has 0 atom stereocenters. The summed E-state index contributed by atoms with van der Waals surface area (Å²) in [5.74, 6) is -0.349. The lowest BCUT2D eigenvalue weighted by Gasteiger charge is -2.49. The molecular formula is C30H37NO6. The van der Waals surface area contributed by atoms with E-state index in [0.29, 0.717) is 54.9 Å². The minimum atomic E-state index is -0.908. The van der Waals surface area contributed by atoms with Gasteiger partial charge in [0.15, 0.2) is 23.1 Å². The zero-order valence-electron chi connectivity index (χ0n) is 22.5. The van der Waals surface area contributed by atoms with Crippen molar-refractivity contribution in [2.45, 2.75) is 65.7 Å². The van der Waals surface area contributed by atoms with Crippen molar-refractivity contribution in [2.75, 3.05) is 20.3 Å². The second-order valence-electron chi connectivity index (χ2n) is 11.8. The molecular weight excluding hydrogens is 470 g/mol. The van der Waals surface area contributed by atoms with Crippen molar-refractivity contribution in [3.05, 3.63) is 59.0 Å². The van der Waals surface area contributed by atoms with Gasteiger partial charge in [-0.2, -0.15) is 0 Å². The number of carbonyl (C=O) groups is 3. The molecule has 0 saturated carbocycles. The molecule has 7 nitrogen and oxygen atoms in total. The topological polar surface area (TPSA) is 93.1 Å². The first-order valence-corrected chi connectivity index (χ1v) is 12.8. The number of benzene rings is 1. The second-order valence-corrected chi connectivity index (χ2v) is 11.8. The summed E-state index contributed by atoms with van der Waals surface area (Å²) in [7, 11) is 1.56. The monoisotopic (exact) mass is 507 g/mol. The van der Waals surface area contributed by atoms with Gasteiger partial charge in [-0.05, 0) is 41.4 Å². The number of methoxy groups -OCH3 is 1. The van der Waals surface area contributed by atoms with Crippen molar-refractivity contribution in [2.24, 2.45) is 10.8 Å². The minimum Gasteiger partial charge on any atom is -0.493 e. The molecule has 4 rings (SSSR count). The van der Waals surface area contributed by atoms with Crippen LogP contribution in [0.2, 0.25) is 0 Å². The molecule has 0 unspecified atom stereocenters. The van der Waals surface area contributed by atoms with Crippen LogP contribution in [-0.4, -0.2) is 47.8 Å². The standard InChI is InChI=1S/C30H37NO6/c1-7-12-37-23-9-8-18(13-24(23)36-6)26-27-19(14-29(2,3)16-21(27)32)31(11-10-25(34)35)20-15-30(4,5)17-22(33)28(20)26/h7-9,13,26H,1,10-12,14-17H2,2-6H3,(H,34,35). The number of ketones is 2. The molecule has 0 aromatic heterocycles. The number of ether oxygens (including phenoxy) is 2. The quantitative estimate of drug-likeness (QED) is 0.470. The fourth-order valence-corrected chi connectivity index (χ4v) is 5.99. The normalized spacial score (nSPS) is 20.9. The Labute approximate surface area is 218 Å². The fourth-order valence-electron chi connectivity index (χ4n) is 5.99. The number of carboxylic acids is 1. The zero-order chi connectivity index (χ0) is 27.1. The predicted molar refractivity (Wildman–Crippen MR) is 140 cm³/mol. The van der Waals surface area contributed by atoms with Gasteiger partial charge < -0.3 is 19.5 Å². The smallest absolute Gasteiger partial charge is 0.305 e. The number of Topliss-reactive ketones (excluding diaryl/α,β-unsaturated/α-hetero) is 2. The Morgan fingerprint density at radius 2 is 1.59 bits per heavy atom. The van der Waals surface area contributed by atoms with Gasteiger partial charge in [0.25, 0.3) is 0 Å². The molecule has 1 N–H and O–H groups in total. The molecule has 37 heavy (non-hydrogen) atoms. The van der Waals surface area contributed by atoms with Crippen LogP contribution in [0.1, 0.15) is 71.3 Å². The molecule has 1 heterocycles. The van der Waals surface area contributed by atoms with Crippen molar-refractivity contribution in [3.63, 3.8) is 0 Å². The number of rotatable bonds is 8. The van der Waals surface area contributed by atoms with Gasteiger partial charge in [-0.25, -0.2) is 0 Å². The molecule has 0 bridgehead atoms. The Kier molecular flexibility index (Phi) is 7.10. The van der Waals surface area contributed by atoms with Gasteiger partial charge in [0.2, 0.25) is 0 Å². The van der Waals surface area contributed by atoms with Crippen molar-refractivity contribution >= 4 is 17.5 Å². The molecule has 0 radical (unpaired) electrons. The first-order valence-electron chi connectivity index (χ1n) is 12.8. The summed E-state index contributed by atoms with van der Waals surface area (Å²) < 4.78 is 11.4. The van der Waals surface area contributed by atoms with E-state index in [1.807, 2.05) is 23.1 Å². The van der Waals surface area contributed by atoms with Crippen LogP contribution in [0.15, 0.2) is 53.4 Å². The van der Waals surface area contributed by atoms with Crippen molar-refractivity contribution in [1.29, 1.82) is 0 Å². The van der Waals surface area contributed by atoms with Crippen LogP contribution >= 0.6 is 0 Å². The maximum atomic E-state index is 13.8. The van der Waals surface area contributed by atoms with E-state index in [1.165, 1.54) is 0 Å². The van der Waals surface area contributed by atoms with E-state index in [4.69, 9.17) is 9.47 Å². The maximum absolute atomic E-state index is 13.8. The first kappa shape index (κ1) is 26.7. The second kappa shape index (κ2) is 9.84. The number of carbonyl (C=O) groups excluding carboxylic acids is 2. The summed E-state index contributed by atoms with van der Waals surface area (Å²) in [5, 5.41) is 9.50. The highest BCUT2D eigenvalue weighted by Gasteiger charge is 2.49. The lowest BCUT2D eigenvalue weighted by atomic mass is 9.63. The summed E-state index contributed by atoms with van der Waals surface area (Å²) in [6.45, 7) is 12.5. The molecule has 3 aliphatic rings. The van der Waals surface area contributed by atoms with Crippen LogP contribution in [0.25, 0.3) is 0 Å². The molecule has 0 fully saturated rings. The summed E-state index contributed by atoms with van der Waals surface area (Å²) in [4.78, 5) is 41.1. The van der Waals surface area contributed by atoms with E-state index < -0.39 is 11.9 Å². The third-order valence-corrected chi connectivity index (χ3v) is 7.45. The molecule has 1 aliphatic heterocycles. The Hall–Kier alpha value is -3.35. The molecule has 0 amide bonds. The third-order valence-electron chi connectivity index (χ3n) is 7.45. The lowest BCUT2D eigenvalue weighted by molar-refractivity contribution is -0.137. The highest BCUT2D eigenvalue weighted by Crippen LogP contribution is 2.54. The lowest BCUT2D eigenvalue weighted by Crippen LogP contribution is -2.45. The summed E-state index contributed by atoms with van der Waals surface area (Å²) >= 11 is 0. The summed E-state index contributed by atoms with van der Waals surface area (Å²) in [6.07, 6.45) is 3.58. The van der Waals surface area contributed by atoms with E-state index in [-0.39, 0.29) is 35.4 Å². The molecule has 0 spiro atoms. The van der Waals surface area contributed by atoms with Gasteiger partial charge >= 0.3 is 5.97 Å². The van der Waals surface area contributed by atoms with Crippen LogP contribution < -0.4 is 9.47 Å². The number of hydrogen-bond donors (Lipinski definition) is 1. The Morgan fingerprint density at radius 3 is 2.08 bits per heavy atom. The zero-order valence-corrected chi connectivity index (χ0v) is 22.5. The van der Waals surface area contributed by atoms with Crippen molar-refractivity contribution < 1.29 is 29.0 Å². The molecule has 1 aromatic carbocycles. The SMILES string of the molecule is C=CCOc1ccc(C2C3=C(CC(C)(C)CC3=O)N(CCC(=O)O)C3=C2C(=O)CC(C)(C)C3)cc1OC. The van der Waals surface area contributed by atoms with Crippen LogP contribution in [0.5, 0.6) is 11.5 Å². The van der Waals surface area contributed by atoms with Gasteiger partial charge in [0.1, 0.15) is 6.61 Å². The van der Waals surface area contributed by atoms with Crippen LogP contribution in [-0.2, 0) is 14.4 Å². The molecule has 0 saturated heterocycles. The number of carboxylic acid groups (broad SMARTS) is 1. The van der Waals surface area contributed by atoms with Gasteiger partial charge in [0.05, 0.1) is 13.5 Å². The number of aliphatic carboxylic acids is 1. The Morgan fingerprint density at radius 1 is 1.03 bits per heavy atom. The molecule has 1 aromatic rings. The summed E-state index contributed by atoms with van der Waals surface area (Å²) in [6, 6.07) is 5.56. The third kappa shape index (κ3) is 5.22. The van der Waals surface area contributed by atoms with Gasteiger partial charge in [-0.3, -0.25) is 14.4 Å². The number of allylic oxidation sites excluding steroid dienone is 4. The minimum absolute atomic E-state index is 0.00621. The maximum Gasteiger partial charge on any atom is 0.305 e. The Bertz CT molecular complexity index is 1160. The van der Waals surface area contributed by atoms with Gasteiger partial charge in [-0.1, -0.05) is 46.4 Å². The average molecular weight is 508 g/mol. The van der Waals surface area contributed by atoms with E-state index in [1.54, 1.807) is 13.2 Å². The van der Waals surface area contributed by atoms with Gasteiger partial charge in [-0.15, -0.1) is 0 Å². The van der Waals surface area contributed by atoms with Crippen LogP contribution in [0.4, 0.5) is 0 Å². The first-order chi connectivity index (χ1) is 17.4. The average Bonchev–Trinajstić information content (AvgIpc) is 2.79. The fraction of sp³-hybridized carbons (Fsp3) is 0.500. The Balaban J connectivity index is 1.95. The van der Waals surface area contributed by atoms with Gasteiger partial charge in [0, 0.05) is 47.8 Å². The van der Waals surface area contributed by atoms with E-state index >= 15 is 0 Å². The largest absolute Gasteiger partial charge is 0.493 e. The number of hydrogen-bond acceptors (Lipinski definition) is 6.